The van der Waals surface area contributed by atoms with Crippen LogP contribution in [-0.2, 0) is 0 Å². The smallest absolute Gasteiger partial charge is 0.260 e. The monoisotopic (exact) mass is 290 g/mol. The van der Waals surface area contributed by atoms with Crippen LogP contribution in [0.15, 0.2) is 22.7 Å². The van der Waals surface area contributed by atoms with Crippen LogP contribution in [0.4, 0.5) is 4.39 Å². The van der Waals surface area contributed by atoms with E-state index in [0.29, 0.717) is 17.9 Å². The summed E-state index contributed by atoms with van der Waals surface area (Å²) in [5, 5.41) is 3.89. The van der Waals surface area contributed by atoms with E-state index in [4.69, 9.17) is 10.3 Å². The van der Waals surface area contributed by atoms with Gasteiger partial charge in [0.15, 0.2) is 5.82 Å². The predicted molar refractivity (Wildman–Crippen MR) is 77.0 cm³/mol. The SMILES string of the molecule is Cc1ccc(-c2nc(C(N)CN3CCCC3)no2)c(F)c1. The summed E-state index contributed by atoms with van der Waals surface area (Å²) in [6, 6.07) is 4.60. The van der Waals surface area contributed by atoms with Gasteiger partial charge in [-0.05, 0) is 50.6 Å². The van der Waals surface area contributed by atoms with E-state index < -0.39 is 0 Å². The Morgan fingerprint density at radius 1 is 1.38 bits per heavy atom. The van der Waals surface area contributed by atoms with Crippen molar-refractivity contribution < 1.29 is 8.91 Å². The average Bonchev–Trinajstić information content (AvgIpc) is 3.09. The molecule has 112 valence electrons. The highest BCUT2D eigenvalue weighted by molar-refractivity contribution is 5.54. The van der Waals surface area contributed by atoms with Gasteiger partial charge in [-0.1, -0.05) is 11.2 Å². The van der Waals surface area contributed by atoms with Crippen LogP contribution in [0.1, 0.15) is 30.3 Å². The highest BCUT2D eigenvalue weighted by Crippen LogP contribution is 2.23. The van der Waals surface area contributed by atoms with Gasteiger partial charge in [-0.15, -0.1) is 0 Å². The van der Waals surface area contributed by atoms with Crippen LogP contribution in [-0.4, -0.2) is 34.7 Å². The van der Waals surface area contributed by atoms with E-state index in [0.717, 1.165) is 18.7 Å². The first kappa shape index (κ1) is 14.2. The number of rotatable bonds is 4. The third kappa shape index (κ3) is 3.11. The number of hydrogen-bond donors (Lipinski definition) is 1. The second-order valence-electron chi connectivity index (χ2n) is 5.56. The van der Waals surface area contributed by atoms with Crippen molar-refractivity contribution in [1.82, 2.24) is 15.0 Å². The van der Waals surface area contributed by atoms with E-state index in [-0.39, 0.29) is 17.7 Å². The van der Waals surface area contributed by atoms with Crippen LogP contribution in [0.3, 0.4) is 0 Å². The molecule has 1 fully saturated rings. The Bertz CT molecular complexity index is 622. The lowest BCUT2D eigenvalue weighted by Crippen LogP contribution is -2.30. The van der Waals surface area contributed by atoms with Crippen molar-refractivity contribution in [3.63, 3.8) is 0 Å². The van der Waals surface area contributed by atoms with Crippen molar-refractivity contribution in [3.05, 3.63) is 35.4 Å². The van der Waals surface area contributed by atoms with Crippen molar-refractivity contribution in [2.75, 3.05) is 19.6 Å². The van der Waals surface area contributed by atoms with E-state index in [9.17, 15) is 4.39 Å². The minimum Gasteiger partial charge on any atom is -0.334 e. The van der Waals surface area contributed by atoms with Gasteiger partial charge in [0.25, 0.3) is 5.89 Å². The zero-order valence-corrected chi connectivity index (χ0v) is 12.1. The molecule has 1 saturated heterocycles. The normalized spacial score (nSPS) is 17.3. The van der Waals surface area contributed by atoms with Crippen LogP contribution in [0.5, 0.6) is 0 Å². The number of halogens is 1. The molecule has 1 aliphatic rings. The Morgan fingerprint density at radius 3 is 2.86 bits per heavy atom. The standard InChI is InChI=1S/C15H19FN4O/c1-10-4-5-11(12(16)8-10)15-18-14(19-21-15)13(17)9-20-6-2-3-7-20/h4-5,8,13H,2-3,6-7,9,17H2,1H3. The number of aryl methyl sites for hydroxylation is 1. The number of hydrogen-bond acceptors (Lipinski definition) is 5. The van der Waals surface area contributed by atoms with Gasteiger partial charge in [0.2, 0.25) is 0 Å². The summed E-state index contributed by atoms with van der Waals surface area (Å²) in [7, 11) is 0. The number of nitrogens with zero attached hydrogens (tertiary/aromatic N) is 3. The minimum atomic E-state index is -0.363. The van der Waals surface area contributed by atoms with Crippen LogP contribution in [0, 0.1) is 12.7 Å². The van der Waals surface area contributed by atoms with Gasteiger partial charge >= 0.3 is 0 Å². The van der Waals surface area contributed by atoms with E-state index >= 15 is 0 Å². The molecule has 2 N–H and O–H groups in total. The van der Waals surface area contributed by atoms with Crippen LogP contribution in [0.25, 0.3) is 11.5 Å². The lowest BCUT2D eigenvalue weighted by atomic mass is 10.1. The third-order valence-corrected chi connectivity index (χ3v) is 3.78. The summed E-state index contributed by atoms with van der Waals surface area (Å²) in [5.74, 6) is 0.245. The van der Waals surface area contributed by atoms with Gasteiger partial charge in [0.1, 0.15) is 5.82 Å². The molecule has 1 aromatic heterocycles. The molecule has 21 heavy (non-hydrogen) atoms. The Balaban J connectivity index is 1.76. The topological polar surface area (TPSA) is 68.2 Å². The van der Waals surface area contributed by atoms with Crippen LogP contribution in [0.2, 0.25) is 0 Å². The highest BCUT2D eigenvalue weighted by atomic mass is 19.1. The molecule has 0 amide bonds. The molecular formula is C15H19FN4O. The predicted octanol–water partition coefficient (Wildman–Crippen LogP) is 2.28. The number of nitrogens with two attached hydrogens (primary N) is 1. The molecule has 5 nitrogen and oxygen atoms in total. The maximum atomic E-state index is 13.9. The molecule has 2 heterocycles. The molecule has 1 atom stereocenters. The summed E-state index contributed by atoms with van der Waals surface area (Å²) >= 11 is 0. The van der Waals surface area contributed by atoms with Crippen molar-refractivity contribution in [1.29, 1.82) is 0 Å². The summed E-state index contributed by atoms with van der Waals surface area (Å²) in [4.78, 5) is 6.53. The molecule has 3 rings (SSSR count). The fourth-order valence-electron chi connectivity index (χ4n) is 2.61. The first-order valence-electron chi connectivity index (χ1n) is 7.21. The van der Waals surface area contributed by atoms with E-state index in [2.05, 4.69) is 15.0 Å². The number of likely N-dealkylation sites (tertiary alicyclic amines) is 1. The number of benzene rings is 1. The molecule has 0 bridgehead atoms. The maximum Gasteiger partial charge on any atom is 0.260 e. The summed E-state index contributed by atoms with van der Waals surface area (Å²) in [6.07, 6.45) is 2.41. The molecule has 1 aliphatic heterocycles. The molecule has 0 radical (unpaired) electrons. The molecular weight excluding hydrogens is 271 g/mol. The van der Waals surface area contributed by atoms with Crippen molar-refractivity contribution in [2.45, 2.75) is 25.8 Å². The highest BCUT2D eigenvalue weighted by Gasteiger charge is 2.21. The minimum absolute atomic E-state index is 0.180. The van der Waals surface area contributed by atoms with Gasteiger partial charge in [0, 0.05) is 6.54 Å². The Morgan fingerprint density at radius 2 is 2.14 bits per heavy atom. The van der Waals surface area contributed by atoms with Crippen molar-refractivity contribution >= 4 is 0 Å². The van der Waals surface area contributed by atoms with E-state index in [1.54, 1.807) is 6.07 Å². The zero-order valence-electron chi connectivity index (χ0n) is 12.1. The molecule has 0 aliphatic carbocycles. The van der Waals surface area contributed by atoms with Crippen molar-refractivity contribution in [2.24, 2.45) is 5.73 Å². The lowest BCUT2D eigenvalue weighted by molar-refractivity contribution is 0.306. The van der Waals surface area contributed by atoms with Gasteiger partial charge in [-0.25, -0.2) is 4.39 Å². The Labute approximate surface area is 122 Å². The molecule has 2 aromatic rings. The molecule has 1 unspecified atom stereocenters. The summed E-state index contributed by atoms with van der Waals surface area (Å²) < 4.78 is 19.1. The number of aromatic nitrogens is 2. The van der Waals surface area contributed by atoms with Gasteiger partial charge in [-0.2, -0.15) is 4.98 Å². The van der Waals surface area contributed by atoms with Gasteiger partial charge < -0.3 is 15.2 Å². The van der Waals surface area contributed by atoms with Gasteiger partial charge in [0.05, 0.1) is 11.6 Å². The lowest BCUT2D eigenvalue weighted by Gasteiger charge is -2.17. The second-order valence-corrected chi connectivity index (χ2v) is 5.56. The fraction of sp³-hybridized carbons (Fsp3) is 0.467. The first-order chi connectivity index (χ1) is 10.1. The van der Waals surface area contributed by atoms with Gasteiger partial charge in [-0.3, -0.25) is 0 Å². The second kappa shape index (κ2) is 5.91. The summed E-state index contributed by atoms with van der Waals surface area (Å²) in [5.41, 5.74) is 7.27. The Kier molecular flexibility index (Phi) is 3.98. The van der Waals surface area contributed by atoms with E-state index in [1.165, 1.54) is 18.9 Å². The van der Waals surface area contributed by atoms with Crippen LogP contribution >= 0.6 is 0 Å². The molecule has 0 spiro atoms. The zero-order chi connectivity index (χ0) is 14.8. The molecule has 1 aromatic carbocycles. The van der Waals surface area contributed by atoms with E-state index in [1.807, 2.05) is 13.0 Å². The largest absolute Gasteiger partial charge is 0.334 e. The quantitative estimate of drug-likeness (QED) is 0.935. The van der Waals surface area contributed by atoms with Crippen molar-refractivity contribution in [3.8, 4) is 11.5 Å². The fourth-order valence-corrected chi connectivity index (χ4v) is 2.61. The maximum absolute atomic E-state index is 13.9. The van der Waals surface area contributed by atoms with Crippen LogP contribution < -0.4 is 5.73 Å². The molecule has 6 heteroatoms. The first-order valence-corrected chi connectivity index (χ1v) is 7.21. The summed E-state index contributed by atoms with van der Waals surface area (Å²) in [6.45, 7) is 4.66. The average molecular weight is 290 g/mol. The molecule has 0 saturated carbocycles. The third-order valence-electron chi connectivity index (χ3n) is 3.78. The Hall–Kier alpha value is -1.79.